The number of carbonyl (C=O) groups is 2. The van der Waals surface area contributed by atoms with Gasteiger partial charge < -0.3 is 4.90 Å². The topological polar surface area (TPSA) is 55.2 Å². The van der Waals surface area contributed by atoms with Gasteiger partial charge in [0.25, 0.3) is 5.91 Å². The number of carbonyl (C=O) groups excluding carboxylic acids is 2. The van der Waals surface area contributed by atoms with Gasteiger partial charge in [-0.05, 0) is 24.3 Å². The Morgan fingerprint density at radius 3 is 2.90 bits per heavy atom. The van der Waals surface area contributed by atoms with E-state index < -0.39 is 11.7 Å². The van der Waals surface area contributed by atoms with Gasteiger partial charge in [-0.25, -0.2) is 9.07 Å². The lowest BCUT2D eigenvalue weighted by Gasteiger charge is -2.16. The number of amides is 1. The summed E-state index contributed by atoms with van der Waals surface area (Å²) >= 11 is 0. The minimum atomic E-state index is -0.453. The summed E-state index contributed by atoms with van der Waals surface area (Å²) in [7, 11) is 0. The molecule has 0 spiro atoms. The first kappa shape index (κ1) is 12.5. The van der Waals surface area contributed by atoms with E-state index in [0.29, 0.717) is 5.69 Å². The maximum Gasteiger partial charge on any atom is 0.252 e. The zero-order valence-electron chi connectivity index (χ0n) is 10.6. The monoisotopic (exact) mass is 273 g/mol. The third kappa shape index (κ3) is 2.20. The average molecular weight is 273 g/mol. The highest BCUT2D eigenvalue weighted by Crippen LogP contribution is 2.26. The Morgan fingerprint density at radius 1 is 1.35 bits per heavy atom. The van der Waals surface area contributed by atoms with Crippen molar-refractivity contribution in [2.75, 3.05) is 11.4 Å². The fourth-order valence-corrected chi connectivity index (χ4v) is 2.35. The largest absolute Gasteiger partial charge is 0.311 e. The fourth-order valence-electron chi connectivity index (χ4n) is 2.35. The summed E-state index contributed by atoms with van der Waals surface area (Å²) in [4.78, 5) is 25.6. The molecule has 20 heavy (non-hydrogen) atoms. The predicted molar refractivity (Wildman–Crippen MR) is 69.7 cm³/mol. The van der Waals surface area contributed by atoms with Crippen LogP contribution < -0.4 is 4.90 Å². The van der Waals surface area contributed by atoms with Crippen LogP contribution in [0.2, 0.25) is 0 Å². The molecule has 1 aromatic carbocycles. The molecule has 0 saturated carbocycles. The highest BCUT2D eigenvalue weighted by Gasteiger charge is 2.36. The number of rotatable bonds is 2. The van der Waals surface area contributed by atoms with Crippen molar-refractivity contribution in [3.63, 3.8) is 0 Å². The van der Waals surface area contributed by atoms with E-state index in [9.17, 15) is 14.0 Å². The summed E-state index contributed by atoms with van der Waals surface area (Å²) in [5.41, 5.74) is 0.478. The Morgan fingerprint density at radius 2 is 2.20 bits per heavy atom. The maximum atomic E-state index is 13.2. The first-order valence-corrected chi connectivity index (χ1v) is 6.25. The van der Waals surface area contributed by atoms with E-state index in [-0.39, 0.29) is 24.8 Å². The van der Waals surface area contributed by atoms with Gasteiger partial charge in [0, 0.05) is 31.0 Å². The Bertz CT molecular complexity index is 654. The number of benzene rings is 1. The van der Waals surface area contributed by atoms with Crippen molar-refractivity contribution < 1.29 is 14.0 Å². The molecule has 1 saturated heterocycles. The summed E-state index contributed by atoms with van der Waals surface area (Å²) in [6, 6.07) is 7.45. The second kappa shape index (κ2) is 4.88. The number of halogens is 1. The van der Waals surface area contributed by atoms with Crippen LogP contribution in [0.4, 0.5) is 10.1 Å². The van der Waals surface area contributed by atoms with E-state index in [0.717, 1.165) is 0 Å². The SMILES string of the molecule is O=C1CC(C(=O)n2cccn2)CN1c1cccc(F)c1. The molecule has 1 aliphatic heterocycles. The zero-order valence-corrected chi connectivity index (χ0v) is 10.6. The predicted octanol–water partition coefficient (Wildman–Crippen LogP) is 1.72. The minimum absolute atomic E-state index is 0.120. The first-order chi connectivity index (χ1) is 9.65. The normalized spacial score (nSPS) is 18.6. The molecule has 1 fully saturated rings. The number of hydrogen-bond donors (Lipinski definition) is 0. The molecule has 1 aliphatic rings. The van der Waals surface area contributed by atoms with Crippen molar-refractivity contribution in [1.82, 2.24) is 9.78 Å². The van der Waals surface area contributed by atoms with E-state index in [1.165, 1.54) is 27.9 Å². The summed E-state index contributed by atoms with van der Waals surface area (Å²) in [6.07, 6.45) is 3.19. The van der Waals surface area contributed by atoms with Crippen molar-refractivity contribution in [2.45, 2.75) is 6.42 Å². The molecule has 102 valence electrons. The zero-order chi connectivity index (χ0) is 14.1. The van der Waals surface area contributed by atoms with E-state index in [2.05, 4.69) is 5.10 Å². The van der Waals surface area contributed by atoms with Gasteiger partial charge in [-0.3, -0.25) is 9.59 Å². The van der Waals surface area contributed by atoms with Crippen LogP contribution in [-0.4, -0.2) is 28.1 Å². The number of anilines is 1. The lowest BCUT2D eigenvalue weighted by Crippen LogP contribution is -2.27. The van der Waals surface area contributed by atoms with Crippen molar-refractivity contribution in [1.29, 1.82) is 0 Å². The summed E-state index contributed by atoms with van der Waals surface area (Å²) < 4.78 is 14.4. The second-order valence-electron chi connectivity index (χ2n) is 4.67. The first-order valence-electron chi connectivity index (χ1n) is 6.25. The molecule has 2 heterocycles. The van der Waals surface area contributed by atoms with E-state index in [4.69, 9.17) is 0 Å². The molecule has 0 N–H and O–H groups in total. The van der Waals surface area contributed by atoms with Crippen LogP contribution in [-0.2, 0) is 4.79 Å². The molecule has 0 aliphatic carbocycles. The van der Waals surface area contributed by atoms with Gasteiger partial charge >= 0.3 is 0 Å². The smallest absolute Gasteiger partial charge is 0.252 e. The Hall–Kier alpha value is -2.50. The molecule has 1 atom stereocenters. The van der Waals surface area contributed by atoms with Gasteiger partial charge in [-0.1, -0.05) is 6.07 Å². The highest BCUT2D eigenvalue weighted by molar-refractivity contribution is 6.00. The molecular weight excluding hydrogens is 261 g/mol. The standard InChI is InChI=1S/C14H12FN3O2/c15-11-3-1-4-12(8-11)17-9-10(7-13(17)19)14(20)18-6-2-5-16-18/h1-6,8,10H,7,9H2. The van der Waals surface area contributed by atoms with E-state index >= 15 is 0 Å². The summed E-state index contributed by atoms with van der Waals surface area (Å²) in [5.74, 6) is -1.26. The van der Waals surface area contributed by atoms with Crippen LogP contribution in [0.15, 0.2) is 42.7 Å². The van der Waals surface area contributed by atoms with Crippen molar-refractivity contribution >= 4 is 17.5 Å². The molecule has 3 rings (SSSR count). The Kier molecular flexibility index (Phi) is 3.06. The third-order valence-electron chi connectivity index (χ3n) is 3.32. The van der Waals surface area contributed by atoms with Crippen LogP contribution in [0.3, 0.4) is 0 Å². The number of aromatic nitrogens is 2. The summed E-state index contributed by atoms with van der Waals surface area (Å²) in [5, 5.41) is 3.87. The Balaban J connectivity index is 1.80. The van der Waals surface area contributed by atoms with Crippen LogP contribution in [0.25, 0.3) is 0 Å². The molecule has 0 radical (unpaired) electrons. The number of nitrogens with zero attached hydrogens (tertiary/aromatic N) is 3. The molecule has 5 nitrogen and oxygen atoms in total. The Labute approximate surface area is 114 Å². The molecule has 1 unspecified atom stereocenters. The third-order valence-corrected chi connectivity index (χ3v) is 3.32. The van der Waals surface area contributed by atoms with Crippen LogP contribution >= 0.6 is 0 Å². The quantitative estimate of drug-likeness (QED) is 0.837. The lowest BCUT2D eigenvalue weighted by molar-refractivity contribution is -0.117. The second-order valence-corrected chi connectivity index (χ2v) is 4.67. The van der Waals surface area contributed by atoms with Gasteiger partial charge in [0.1, 0.15) is 5.82 Å². The average Bonchev–Trinajstić information content (AvgIpc) is 3.07. The lowest BCUT2D eigenvalue weighted by atomic mass is 10.1. The summed E-state index contributed by atoms with van der Waals surface area (Å²) in [6.45, 7) is 0.251. The van der Waals surface area contributed by atoms with Crippen molar-refractivity contribution in [3.05, 3.63) is 48.5 Å². The highest BCUT2D eigenvalue weighted by atomic mass is 19.1. The van der Waals surface area contributed by atoms with Crippen LogP contribution in [0.1, 0.15) is 11.2 Å². The van der Waals surface area contributed by atoms with Crippen LogP contribution in [0.5, 0.6) is 0 Å². The molecular formula is C14H12FN3O2. The van der Waals surface area contributed by atoms with Gasteiger partial charge in [0.15, 0.2) is 0 Å². The van der Waals surface area contributed by atoms with Crippen molar-refractivity contribution in [3.8, 4) is 0 Å². The van der Waals surface area contributed by atoms with E-state index in [1.54, 1.807) is 24.4 Å². The maximum absolute atomic E-state index is 13.2. The van der Waals surface area contributed by atoms with Gasteiger partial charge in [-0.2, -0.15) is 5.10 Å². The molecule has 0 bridgehead atoms. The fraction of sp³-hybridized carbons (Fsp3) is 0.214. The van der Waals surface area contributed by atoms with Crippen LogP contribution in [0, 0.1) is 11.7 Å². The molecule has 1 aromatic heterocycles. The van der Waals surface area contributed by atoms with Crippen molar-refractivity contribution in [2.24, 2.45) is 5.92 Å². The molecule has 1 amide bonds. The number of hydrogen-bond acceptors (Lipinski definition) is 3. The van der Waals surface area contributed by atoms with Gasteiger partial charge in [0.05, 0.1) is 5.92 Å². The minimum Gasteiger partial charge on any atom is -0.311 e. The van der Waals surface area contributed by atoms with Gasteiger partial charge in [0.2, 0.25) is 5.91 Å². The van der Waals surface area contributed by atoms with Gasteiger partial charge in [-0.15, -0.1) is 0 Å². The molecule has 6 heteroatoms. The molecule has 2 aromatic rings. The van der Waals surface area contributed by atoms with E-state index in [1.807, 2.05) is 0 Å².